The Balaban J connectivity index is 1.60. The minimum atomic E-state index is 0.448. The Labute approximate surface area is 201 Å². The number of nitrogens with zero attached hydrogens (tertiary/aromatic N) is 3. The highest BCUT2D eigenvalue weighted by Gasteiger charge is 2.13. The fraction of sp³-hybridized carbons (Fsp3) is 0.154. The molecule has 0 aliphatic rings. The number of aromatic nitrogens is 2. The maximum absolute atomic E-state index is 9.76. The number of allylic oxidation sites excluding steroid dienone is 1. The van der Waals surface area contributed by atoms with Gasteiger partial charge < -0.3 is 14.0 Å². The molecular formula is C26H22IN3O2. The van der Waals surface area contributed by atoms with Crippen LogP contribution < -0.4 is 9.47 Å². The standard InChI is InChI=1S/C26H22IN3O2/c1-2-31-25-14-20(13-22(27)26(25)32-17-19-8-4-3-5-9-19)12-21(15-28)16-30-18-29-23-10-6-7-11-24(23)30/h3-14,18H,2,16-17H2,1H3/b21-12-. The van der Waals surface area contributed by atoms with Gasteiger partial charge in [0.1, 0.15) is 6.61 Å². The fourth-order valence-electron chi connectivity index (χ4n) is 3.44. The molecule has 160 valence electrons. The van der Waals surface area contributed by atoms with Crippen LogP contribution in [0.15, 0.2) is 78.6 Å². The van der Waals surface area contributed by atoms with E-state index >= 15 is 0 Å². The van der Waals surface area contributed by atoms with Crippen LogP contribution in [0.1, 0.15) is 18.1 Å². The van der Waals surface area contributed by atoms with Crippen molar-refractivity contribution < 1.29 is 9.47 Å². The number of nitriles is 1. The molecule has 4 aromatic rings. The van der Waals surface area contributed by atoms with Crippen molar-refractivity contribution in [3.8, 4) is 17.6 Å². The molecule has 0 amide bonds. The molecule has 0 unspecified atom stereocenters. The Morgan fingerprint density at radius 1 is 1.09 bits per heavy atom. The topological polar surface area (TPSA) is 60.1 Å². The average Bonchev–Trinajstić information content (AvgIpc) is 3.22. The number of para-hydroxylation sites is 2. The maximum atomic E-state index is 9.76. The smallest absolute Gasteiger partial charge is 0.175 e. The van der Waals surface area contributed by atoms with E-state index in [0.29, 0.717) is 36.8 Å². The summed E-state index contributed by atoms with van der Waals surface area (Å²) >= 11 is 2.25. The molecule has 0 fully saturated rings. The van der Waals surface area contributed by atoms with Gasteiger partial charge in [0.2, 0.25) is 0 Å². The Morgan fingerprint density at radius 3 is 2.66 bits per heavy atom. The van der Waals surface area contributed by atoms with Crippen LogP contribution in [0.2, 0.25) is 0 Å². The molecule has 0 atom stereocenters. The lowest BCUT2D eigenvalue weighted by molar-refractivity contribution is 0.267. The number of hydrogen-bond acceptors (Lipinski definition) is 4. The first-order chi connectivity index (χ1) is 15.7. The molecule has 0 N–H and O–H groups in total. The van der Waals surface area contributed by atoms with Crippen molar-refractivity contribution in [1.29, 1.82) is 5.26 Å². The summed E-state index contributed by atoms with van der Waals surface area (Å²) in [5.41, 5.74) is 4.53. The van der Waals surface area contributed by atoms with E-state index in [1.807, 2.05) is 84.3 Å². The number of benzene rings is 3. The molecule has 1 heterocycles. The van der Waals surface area contributed by atoms with Crippen molar-refractivity contribution in [2.24, 2.45) is 0 Å². The second kappa shape index (κ2) is 10.3. The second-order valence-electron chi connectivity index (χ2n) is 7.18. The van der Waals surface area contributed by atoms with E-state index in [1.165, 1.54) is 0 Å². The van der Waals surface area contributed by atoms with Crippen molar-refractivity contribution in [3.63, 3.8) is 0 Å². The molecule has 0 saturated heterocycles. The van der Waals surface area contributed by atoms with Gasteiger partial charge in [0.15, 0.2) is 11.5 Å². The average molecular weight is 535 g/mol. The highest BCUT2D eigenvalue weighted by Crippen LogP contribution is 2.35. The van der Waals surface area contributed by atoms with E-state index in [0.717, 1.165) is 25.7 Å². The van der Waals surface area contributed by atoms with E-state index in [1.54, 1.807) is 6.33 Å². The highest BCUT2D eigenvalue weighted by atomic mass is 127. The summed E-state index contributed by atoms with van der Waals surface area (Å²) in [6.45, 7) is 3.38. The summed E-state index contributed by atoms with van der Waals surface area (Å²) in [4.78, 5) is 4.41. The zero-order valence-corrected chi connectivity index (χ0v) is 19.8. The molecule has 6 heteroatoms. The molecule has 3 aromatic carbocycles. The predicted octanol–water partition coefficient (Wildman–Crippen LogP) is 6.23. The molecule has 0 bridgehead atoms. The third kappa shape index (κ3) is 5.11. The van der Waals surface area contributed by atoms with Gasteiger partial charge in [0.25, 0.3) is 0 Å². The first-order valence-corrected chi connectivity index (χ1v) is 11.4. The largest absolute Gasteiger partial charge is 0.490 e. The fourth-order valence-corrected chi connectivity index (χ4v) is 4.22. The highest BCUT2D eigenvalue weighted by molar-refractivity contribution is 14.1. The van der Waals surface area contributed by atoms with E-state index in [4.69, 9.17) is 9.47 Å². The third-order valence-corrected chi connectivity index (χ3v) is 5.71. The summed E-state index contributed by atoms with van der Waals surface area (Å²) in [7, 11) is 0. The lowest BCUT2D eigenvalue weighted by atomic mass is 10.1. The van der Waals surface area contributed by atoms with Gasteiger partial charge in [-0.15, -0.1) is 0 Å². The van der Waals surface area contributed by atoms with Crippen LogP contribution in [0.25, 0.3) is 17.1 Å². The van der Waals surface area contributed by atoms with Gasteiger partial charge in [-0.1, -0.05) is 42.5 Å². The van der Waals surface area contributed by atoms with Crippen LogP contribution in [0, 0.1) is 14.9 Å². The summed E-state index contributed by atoms with van der Waals surface area (Å²) in [6.07, 6.45) is 3.66. The summed E-state index contributed by atoms with van der Waals surface area (Å²) in [5, 5.41) is 9.76. The Morgan fingerprint density at radius 2 is 1.88 bits per heavy atom. The van der Waals surface area contributed by atoms with Crippen LogP contribution in [-0.4, -0.2) is 16.2 Å². The predicted molar refractivity (Wildman–Crippen MR) is 134 cm³/mol. The van der Waals surface area contributed by atoms with Gasteiger partial charge in [-0.2, -0.15) is 5.26 Å². The molecule has 0 aliphatic heterocycles. The quantitative estimate of drug-likeness (QED) is 0.198. The van der Waals surface area contributed by atoms with Gasteiger partial charge in [-0.25, -0.2) is 4.98 Å². The number of hydrogen-bond donors (Lipinski definition) is 0. The first kappa shape index (κ1) is 21.9. The van der Waals surface area contributed by atoms with Crippen molar-refractivity contribution >= 4 is 39.7 Å². The molecule has 32 heavy (non-hydrogen) atoms. The molecule has 0 radical (unpaired) electrons. The SMILES string of the molecule is CCOc1cc(/C=C(/C#N)Cn2cnc3ccccc32)cc(I)c1OCc1ccccc1. The van der Waals surface area contributed by atoms with Crippen molar-refractivity contribution in [3.05, 3.63) is 93.3 Å². The van der Waals surface area contributed by atoms with E-state index in [-0.39, 0.29) is 0 Å². The minimum Gasteiger partial charge on any atom is -0.490 e. The van der Waals surface area contributed by atoms with Crippen LogP contribution in [0.5, 0.6) is 11.5 Å². The lowest BCUT2D eigenvalue weighted by Crippen LogP contribution is -2.02. The molecular weight excluding hydrogens is 513 g/mol. The molecule has 4 rings (SSSR count). The number of halogens is 1. The number of ether oxygens (including phenoxy) is 2. The van der Waals surface area contributed by atoms with Crippen LogP contribution in [0.4, 0.5) is 0 Å². The lowest BCUT2D eigenvalue weighted by Gasteiger charge is -2.15. The minimum absolute atomic E-state index is 0.448. The van der Waals surface area contributed by atoms with Crippen molar-refractivity contribution in [2.75, 3.05) is 6.61 Å². The summed E-state index contributed by atoms with van der Waals surface area (Å²) < 4.78 is 14.9. The molecule has 0 saturated carbocycles. The summed E-state index contributed by atoms with van der Waals surface area (Å²) in [5.74, 6) is 1.39. The summed E-state index contributed by atoms with van der Waals surface area (Å²) in [6, 6.07) is 24.2. The Kier molecular flexibility index (Phi) is 7.07. The van der Waals surface area contributed by atoms with Crippen molar-refractivity contribution in [1.82, 2.24) is 9.55 Å². The van der Waals surface area contributed by atoms with Gasteiger partial charge in [0.05, 0.1) is 40.2 Å². The van der Waals surface area contributed by atoms with Gasteiger partial charge in [0, 0.05) is 5.57 Å². The van der Waals surface area contributed by atoms with Gasteiger partial charge in [-0.3, -0.25) is 0 Å². The first-order valence-electron chi connectivity index (χ1n) is 10.3. The Bertz CT molecular complexity index is 1290. The normalized spacial score (nSPS) is 11.3. The van der Waals surface area contributed by atoms with Gasteiger partial charge >= 0.3 is 0 Å². The second-order valence-corrected chi connectivity index (χ2v) is 8.34. The molecule has 1 aromatic heterocycles. The molecule has 0 aliphatic carbocycles. The zero-order valence-electron chi connectivity index (χ0n) is 17.7. The van der Waals surface area contributed by atoms with E-state index in [9.17, 15) is 5.26 Å². The maximum Gasteiger partial charge on any atom is 0.175 e. The van der Waals surface area contributed by atoms with Crippen LogP contribution in [0.3, 0.4) is 0 Å². The number of rotatable bonds is 8. The van der Waals surface area contributed by atoms with Crippen LogP contribution >= 0.6 is 22.6 Å². The number of imidazole rings is 1. The molecule has 5 nitrogen and oxygen atoms in total. The monoisotopic (exact) mass is 535 g/mol. The van der Waals surface area contributed by atoms with Crippen molar-refractivity contribution in [2.45, 2.75) is 20.1 Å². The zero-order chi connectivity index (χ0) is 22.3. The van der Waals surface area contributed by atoms with Gasteiger partial charge in [-0.05, 0) is 71.0 Å². The third-order valence-electron chi connectivity index (χ3n) is 4.91. The van der Waals surface area contributed by atoms with E-state index in [2.05, 4.69) is 33.6 Å². The number of fused-ring (bicyclic) bond motifs is 1. The molecule has 0 spiro atoms. The van der Waals surface area contributed by atoms with E-state index < -0.39 is 0 Å². The van der Waals surface area contributed by atoms with Crippen LogP contribution in [-0.2, 0) is 13.2 Å². The Hall–Kier alpha value is -3.31.